The Morgan fingerprint density at radius 3 is 1.09 bits per heavy atom. The van der Waals surface area contributed by atoms with Crippen molar-refractivity contribution in [2.75, 3.05) is 13.2 Å². The molecule has 0 bridgehead atoms. The van der Waals surface area contributed by atoms with Crippen molar-refractivity contribution in [3.05, 3.63) is 95.2 Å². The van der Waals surface area contributed by atoms with Crippen molar-refractivity contribution in [2.24, 2.45) is 0 Å². The first-order valence-electron chi connectivity index (χ1n) is 16.8. The third-order valence-electron chi connectivity index (χ3n) is 7.53. The molecular formula is C41H68O4. The van der Waals surface area contributed by atoms with Crippen molar-refractivity contribution in [1.82, 2.24) is 0 Å². The summed E-state index contributed by atoms with van der Waals surface area (Å²) < 4.78 is 26.7. The van der Waals surface area contributed by atoms with Crippen molar-refractivity contribution in [3.63, 3.8) is 0 Å². The van der Waals surface area contributed by atoms with Gasteiger partial charge in [0.1, 0.15) is 0 Å². The summed E-state index contributed by atoms with van der Waals surface area (Å²) in [6.45, 7) is 34.0. The summed E-state index contributed by atoms with van der Waals surface area (Å²) in [6.07, 6.45) is 21.9. The predicted molar refractivity (Wildman–Crippen MR) is 196 cm³/mol. The van der Waals surface area contributed by atoms with Gasteiger partial charge in [0.2, 0.25) is 0 Å². The second-order valence-electron chi connectivity index (χ2n) is 13.7. The van der Waals surface area contributed by atoms with Crippen molar-refractivity contribution in [2.45, 2.75) is 152 Å². The SMILES string of the molecule is C=CC(C)(CCC=C(C)C)OC(OC/C=C(\C)CCC=C(C)C)(OC/C=C(\C)CCC=C(C)C)OC(C)(C=C)CCC=C(C)C. The lowest BCUT2D eigenvalue weighted by molar-refractivity contribution is -0.526. The third-order valence-corrected chi connectivity index (χ3v) is 7.53. The molecule has 0 fully saturated rings. The first kappa shape index (κ1) is 42.8. The van der Waals surface area contributed by atoms with E-state index in [-0.39, 0.29) is 13.2 Å². The van der Waals surface area contributed by atoms with Crippen molar-refractivity contribution in [3.8, 4) is 0 Å². The summed E-state index contributed by atoms with van der Waals surface area (Å²) in [7, 11) is 0. The van der Waals surface area contributed by atoms with Crippen LogP contribution in [0.4, 0.5) is 0 Å². The van der Waals surface area contributed by atoms with Gasteiger partial charge in [0.25, 0.3) is 0 Å². The molecule has 0 aromatic rings. The number of rotatable bonds is 24. The minimum absolute atomic E-state index is 0.270. The molecule has 0 aliphatic heterocycles. The van der Waals surface area contributed by atoms with Crippen LogP contribution in [0.1, 0.15) is 134 Å². The van der Waals surface area contributed by atoms with E-state index < -0.39 is 17.4 Å². The van der Waals surface area contributed by atoms with Crippen LogP contribution < -0.4 is 0 Å². The Kier molecular flexibility index (Phi) is 21.2. The molecule has 0 spiro atoms. The maximum Gasteiger partial charge on any atom is 0.414 e. The molecule has 2 unspecified atom stereocenters. The summed E-state index contributed by atoms with van der Waals surface area (Å²) in [5, 5.41) is 0. The maximum absolute atomic E-state index is 6.82. The molecule has 4 heteroatoms. The average Bonchev–Trinajstić information content (AvgIpc) is 2.92. The predicted octanol–water partition coefficient (Wildman–Crippen LogP) is 12.4. The van der Waals surface area contributed by atoms with Gasteiger partial charge in [-0.05, 0) is 134 Å². The number of allylic oxidation sites excluding steroid dienone is 10. The molecule has 2 atom stereocenters. The van der Waals surface area contributed by atoms with Gasteiger partial charge in [-0.2, -0.15) is 0 Å². The lowest BCUT2D eigenvalue weighted by Crippen LogP contribution is -2.53. The molecule has 0 radical (unpaired) electrons. The Morgan fingerprint density at radius 1 is 0.489 bits per heavy atom. The minimum Gasteiger partial charge on any atom is -0.299 e. The van der Waals surface area contributed by atoms with E-state index in [1.807, 2.05) is 26.0 Å². The molecule has 0 saturated carbocycles. The molecule has 0 heterocycles. The molecule has 0 N–H and O–H groups in total. The van der Waals surface area contributed by atoms with Crippen LogP contribution >= 0.6 is 0 Å². The molecule has 0 aromatic heterocycles. The van der Waals surface area contributed by atoms with Gasteiger partial charge in [0, 0.05) is 0 Å². The van der Waals surface area contributed by atoms with Gasteiger partial charge in [0.15, 0.2) is 0 Å². The summed E-state index contributed by atoms with van der Waals surface area (Å²) in [4.78, 5) is 0. The van der Waals surface area contributed by atoms with Crippen LogP contribution in [0.2, 0.25) is 0 Å². The Labute approximate surface area is 278 Å². The lowest BCUT2D eigenvalue weighted by Gasteiger charge is -2.43. The van der Waals surface area contributed by atoms with E-state index in [0.29, 0.717) is 12.8 Å². The number of hydrogen-bond donors (Lipinski definition) is 0. The fraction of sp³-hybridized carbons (Fsp3) is 0.610. The van der Waals surface area contributed by atoms with E-state index in [0.717, 1.165) is 38.5 Å². The summed E-state index contributed by atoms with van der Waals surface area (Å²) in [5.41, 5.74) is 6.09. The number of hydrogen-bond acceptors (Lipinski definition) is 4. The van der Waals surface area contributed by atoms with Crippen LogP contribution in [0.25, 0.3) is 0 Å². The van der Waals surface area contributed by atoms with Gasteiger partial charge in [-0.15, -0.1) is 13.2 Å². The van der Waals surface area contributed by atoms with Crippen molar-refractivity contribution in [1.29, 1.82) is 0 Å². The summed E-state index contributed by atoms with van der Waals surface area (Å²) in [6, 6.07) is 0. The zero-order valence-corrected chi connectivity index (χ0v) is 31.2. The number of ether oxygens (including phenoxy) is 4. The molecule has 256 valence electrons. The van der Waals surface area contributed by atoms with Gasteiger partial charge in [-0.3, -0.25) is 18.9 Å². The normalized spacial score (nSPS) is 14.9. The highest BCUT2D eigenvalue weighted by Gasteiger charge is 2.46. The van der Waals surface area contributed by atoms with Gasteiger partial charge in [-0.1, -0.05) is 82.0 Å². The third kappa shape index (κ3) is 21.2. The molecule has 45 heavy (non-hydrogen) atoms. The van der Waals surface area contributed by atoms with E-state index in [4.69, 9.17) is 18.9 Å². The molecule has 4 nitrogen and oxygen atoms in total. The molecular weight excluding hydrogens is 556 g/mol. The van der Waals surface area contributed by atoms with Crippen LogP contribution in [0.15, 0.2) is 95.2 Å². The highest BCUT2D eigenvalue weighted by atomic mass is 17.0. The van der Waals surface area contributed by atoms with Crippen molar-refractivity contribution < 1.29 is 18.9 Å². The molecule has 0 aliphatic carbocycles. The highest BCUT2D eigenvalue weighted by molar-refractivity contribution is 5.05. The average molecular weight is 625 g/mol. The fourth-order valence-corrected chi connectivity index (χ4v) is 4.39. The standard InChI is InChI=1S/C41H68O4/c1-15-39(13,29-19-23-35(7)8)44-41(42-31-27-37(11)25-17-21-33(3)4,43-32-28-38(12)26-18-22-34(5)6)45-40(14,16-2)30-20-24-36(9)10/h15-16,21-24,27-28H,1-2,17-20,25-26,29-32H2,3-14H3/b37-27+,38-28+. The fourth-order valence-electron chi connectivity index (χ4n) is 4.39. The summed E-state index contributed by atoms with van der Waals surface area (Å²) >= 11 is 0. The molecule has 0 saturated heterocycles. The second-order valence-corrected chi connectivity index (χ2v) is 13.7. The lowest BCUT2D eigenvalue weighted by atomic mass is 9.98. The Morgan fingerprint density at radius 2 is 0.800 bits per heavy atom. The van der Waals surface area contributed by atoms with Gasteiger partial charge < -0.3 is 0 Å². The zero-order valence-electron chi connectivity index (χ0n) is 31.2. The first-order chi connectivity index (χ1) is 21.0. The summed E-state index contributed by atoms with van der Waals surface area (Å²) in [5.74, 6) is 0. The molecule has 0 rings (SSSR count). The smallest absolute Gasteiger partial charge is 0.299 e. The Bertz CT molecular complexity index is 981. The van der Waals surface area contributed by atoms with E-state index in [9.17, 15) is 0 Å². The minimum atomic E-state index is -1.80. The van der Waals surface area contributed by atoms with E-state index >= 15 is 0 Å². The maximum atomic E-state index is 6.82. The van der Waals surface area contributed by atoms with Crippen LogP contribution in [0.5, 0.6) is 0 Å². The van der Waals surface area contributed by atoms with Crippen LogP contribution in [-0.2, 0) is 18.9 Å². The van der Waals surface area contributed by atoms with E-state index in [1.54, 1.807) is 0 Å². The van der Waals surface area contributed by atoms with Crippen LogP contribution in [-0.4, -0.2) is 30.6 Å². The Balaban J connectivity index is 6.61. The molecule has 0 aromatic carbocycles. The monoisotopic (exact) mass is 625 g/mol. The van der Waals surface area contributed by atoms with Crippen LogP contribution in [0.3, 0.4) is 0 Å². The Hall–Kier alpha value is -2.24. The van der Waals surface area contributed by atoms with Crippen molar-refractivity contribution >= 4 is 0 Å². The van der Waals surface area contributed by atoms with E-state index in [2.05, 4.69) is 119 Å². The van der Waals surface area contributed by atoms with Gasteiger partial charge >= 0.3 is 6.16 Å². The quantitative estimate of drug-likeness (QED) is 0.0791. The van der Waals surface area contributed by atoms with E-state index in [1.165, 1.54) is 33.4 Å². The van der Waals surface area contributed by atoms with Gasteiger partial charge in [-0.25, -0.2) is 0 Å². The highest BCUT2D eigenvalue weighted by Crippen LogP contribution is 2.36. The van der Waals surface area contributed by atoms with Gasteiger partial charge in [0.05, 0.1) is 24.4 Å². The molecule has 0 amide bonds. The van der Waals surface area contributed by atoms with Crippen LogP contribution in [0, 0.1) is 0 Å². The second kappa shape index (κ2) is 22.3. The largest absolute Gasteiger partial charge is 0.414 e. The molecule has 0 aliphatic rings. The zero-order chi connectivity index (χ0) is 34.5. The first-order valence-corrected chi connectivity index (χ1v) is 16.8. The topological polar surface area (TPSA) is 36.9 Å².